The van der Waals surface area contributed by atoms with Crippen LogP contribution < -0.4 is 10.1 Å². The molecule has 1 unspecified atom stereocenters. The third-order valence-corrected chi connectivity index (χ3v) is 4.29. The summed E-state index contributed by atoms with van der Waals surface area (Å²) in [6.07, 6.45) is -2.30. The van der Waals surface area contributed by atoms with Gasteiger partial charge in [0.2, 0.25) is 5.96 Å². The molecule has 8 heteroatoms. The van der Waals surface area contributed by atoms with E-state index >= 15 is 0 Å². The Balaban J connectivity index is 2.05. The fourth-order valence-corrected chi connectivity index (χ4v) is 3.08. The van der Waals surface area contributed by atoms with Crippen LogP contribution in [0.15, 0.2) is 34.2 Å². The number of rotatable bonds is 6. The highest BCUT2D eigenvalue weighted by Gasteiger charge is 2.25. The van der Waals surface area contributed by atoms with Crippen LogP contribution >= 0.6 is 0 Å². The Hall–Kier alpha value is -1.70. The Morgan fingerprint density at radius 3 is 2.68 bits per heavy atom. The summed E-state index contributed by atoms with van der Waals surface area (Å²) in [5, 5.41) is 3.13. The third-order valence-electron chi connectivity index (χ3n) is 2.86. The molecule has 1 aliphatic rings. The zero-order chi connectivity index (χ0) is 16.2. The van der Waals surface area contributed by atoms with E-state index in [1.54, 1.807) is 4.31 Å². The number of halogens is 2. The maximum atomic E-state index is 12.8. The lowest BCUT2D eigenvalue weighted by Crippen LogP contribution is -2.39. The Morgan fingerprint density at radius 2 is 2.09 bits per heavy atom. The summed E-state index contributed by atoms with van der Waals surface area (Å²) < 4.78 is 44.2. The first-order valence-electron chi connectivity index (χ1n) is 7.05. The highest BCUT2D eigenvalue weighted by atomic mass is 32.2. The molecule has 0 bridgehead atoms. The predicted molar refractivity (Wildman–Crippen MR) is 81.4 cm³/mol. The van der Waals surface area contributed by atoms with Crippen molar-refractivity contribution in [2.24, 2.45) is 4.99 Å². The van der Waals surface area contributed by atoms with E-state index in [0.717, 1.165) is 13.0 Å². The molecule has 1 N–H and O–H groups in total. The molecular weight excluding hydrogens is 312 g/mol. The largest absolute Gasteiger partial charge is 0.433 e. The molecule has 1 aromatic carbocycles. The van der Waals surface area contributed by atoms with Gasteiger partial charge in [0, 0.05) is 13.5 Å². The topological polar surface area (TPSA) is 53.9 Å². The number of ether oxygens (including phenoxy) is 1. The Morgan fingerprint density at radius 1 is 1.41 bits per heavy atom. The Bertz CT molecular complexity index is 558. The van der Waals surface area contributed by atoms with Crippen LogP contribution in [0.1, 0.15) is 20.3 Å². The lowest BCUT2D eigenvalue weighted by atomic mass is 10.3. The number of alkyl halides is 2. The molecule has 5 nitrogen and oxygen atoms in total. The molecule has 1 atom stereocenters. The van der Waals surface area contributed by atoms with Crippen molar-refractivity contribution >= 4 is 16.9 Å². The molecule has 0 radical (unpaired) electrons. The molecular formula is C14H19F2N3O2S. The van der Waals surface area contributed by atoms with Crippen molar-refractivity contribution in [3.8, 4) is 5.75 Å². The summed E-state index contributed by atoms with van der Waals surface area (Å²) in [4.78, 5) is 4.80. The van der Waals surface area contributed by atoms with Gasteiger partial charge in [0.1, 0.15) is 5.75 Å². The van der Waals surface area contributed by atoms with E-state index in [1.807, 2.05) is 6.92 Å². The molecule has 0 aliphatic carbocycles. The number of hydrogen-bond donors (Lipinski definition) is 1. The summed E-state index contributed by atoms with van der Waals surface area (Å²) >= 11 is 0. The first-order chi connectivity index (χ1) is 10.4. The molecule has 2 rings (SSSR count). The summed E-state index contributed by atoms with van der Waals surface area (Å²) in [6.45, 7) is 4.60. The van der Waals surface area contributed by atoms with E-state index in [4.69, 9.17) is 0 Å². The quantitative estimate of drug-likeness (QED) is 0.871. The number of hydrogen-bond acceptors (Lipinski definition) is 4. The smallest absolute Gasteiger partial charge is 0.394 e. The van der Waals surface area contributed by atoms with Crippen LogP contribution in [0.5, 0.6) is 5.75 Å². The van der Waals surface area contributed by atoms with Crippen LogP contribution in [0.25, 0.3) is 0 Å². The first-order valence-corrected chi connectivity index (χ1v) is 8.16. The monoisotopic (exact) mass is 331 g/mol. The van der Waals surface area contributed by atoms with Crippen molar-refractivity contribution in [3.05, 3.63) is 24.3 Å². The average molecular weight is 331 g/mol. The second kappa shape index (κ2) is 7.04. The van der Waals surface area contributed by atoms with Crippen LogP contribution in [0.4, 0.5) is 8.78 Å². The van der Waals surface area contributed by atoms with Gasteiger partial charge in [0.05, 0.1) is 18.0 Å². The molecule has 1 heterocycles. The van der Waals surface area contributed by atoms with Crippen molar-refractivity contribution in [3.63, 3.8) is 0 Å². The Labute approximate surface area is 131 Å². The molecule has 122 valence electrons. The number of benzene rings is 1. The van der Waals surface area contributed by atoms with Crippen molar-refractivity contribution in [2.45, 2.75) is 31.3 Å². The lowest BCUT2D eigenvalue weighted by Gasteiger charge is -2.20. The van der Waals surface area contributed by atoms with Gasteiger partial charge in [-0.15, -0.1) is 0 Å². The van der Waals surface area contributed by atoms with Gasteiger partial charge in [-0.1, -0.05) is 6.92 Å². The highest BCUT2D eigenvalue weighted by molar-refractivity contribution is 7.83. The minimum absolute atomic E-state index is 0.0349. The van der Waals surface area contributed by atoms with Crippen molar-refractivity contribution in [1.82, 2.24) is 9.62 Å². The molecule has 0 saturated carbocycles. The predicted octanol–water partition coefficient (Wildman–Crippen LogP) is 2.37. The highest BCUT2D eigenvalue weighted by Crippen LogP contribution is 2.23. The minimum Gasteiger partial charge on any atom is -0.433 e. The summed E-state index contributed by atoms with van der Waals surface area (Å²) in [5.41, 5.74) is 0. The van der Waals surface area contributed by atoms with Crippen LogP contribution in [0, 0.1) is 0 Å². The van der Waals surface area contributed by atoms with E-state index in [0.29, 0.717) is 30.9 Å². The van der Waals surface area contributed by atoms with Crippen molar-refractivity contribution < 1.29 is 17.7 Å². The normalized spacial score (nSPS) is 16.4. The van der Waals surface area contributed by atoms with Gasteiger partial charge < -0.3 is 10.1 Å². The van der Waals surface area contributed by atoms with E-state index in [1.165, 1.54) is 24.3 Å². The number of nitrogens with zero attached hydrogens (tertiary/aromatic N) is 2. The van der Waals surface area contributed by atoms with Gasteiger partial charge in [0.25, 0.3) is 0 Å². The van der Waals surface area contributed by atoms with Crippen LogP contribution in [0.3, 0.4) is 0 Å². The zero-order valence-electron chi connectivity index (χ0n) is 12.5. The van der Waals surface area contributed by atoms with Crippen molar-refractivity contribution in [2.75, 3.05) is 19.6 Å². The fourth-order valence-electron chi connectivity index (χ4n) is 1.93. The average Bonchev–Trinajstić information content (AvgIpc) is 2.91. The van der Waals surface area contributed by atoms with Crippen LogP contribution in [-0.4, -0.2) is 40.2 Å². The molecule has 1 aromatic rings. The summed E-state index contributed by atoms with van der Waals surface area (Å²) in [6, 6.07) is 5.81. The van der Waals surface area contributed by atoms with Gasteiger partial charge in [0.15, 0.2) is 11.0 Å². The maximum Gasteiger partial charge on any atom is 0.394 e. The molecule has 1 aliphatic heterocycles. The van der Waals surface area contributed by atoms with Gasteiger partial charge >= 0.3 is 6.11 Å². The maximum absolute atomic E-state index is 12.8. The van der Waals surface area contributed by atoms with E-state index in [2.05, 4.69) is 15.0 Å². The molecule has 0 aromatic heterocycles. The van der Waals surface area contributed by atoms with Gasteiger partial charge in [-0.05, 0) is 30.7 Å². The number of guanidine groups is 1. The molecule has 0 spiro atoms. The number of aliphatic imine (C=N–C) groups is 1. The molecule has 22 heavy (non-hydrogen) atoms. The number of nitrogens with one attached hydrogen (secondary N) is 1. The minimum atomic E-state index is -3.24. The van der Waals surface area contributed by atoms with Gasteiger partial charge in [-0.3, -0.25) is 9.30 Å². The summed E-state index contributed by atoms with van der Waals surface area (Å²) in [5.74, 6) is 0.647. The lowest BCUT2D eigenvalue weighted by molar-refractivity contribution is -0.158. The third kappa shape index (κ3) is 4.40. The van der Waals surface area contributed by atoms with Gasteiger partial charge in [-0.25, -0.2) is 4.21 Å². The van der Waals surface area contributed by atoms with Gasteiger partial charge in [-0.2, -0.15) is 8.78 Å². The van der Waals surface area contributed by atoms with E-state index in [9.17, 15) is 13.0 Å². The van der Waals surface area contributed by atoms with E-state index < -0.39 is 17.1 Å². The zero-order valence-corrected chi connectivity index (χ0v) is 13.3. The van der Waals surface area contributed by atoms with Crippen LogP contribution in [0.2, 0.25) is 0 Å². The molecule has 0 amide bonds. The molecule has 0 fully saturated rings. The second-order valence-electron chi connectivity index (χ2n) is 4.86. The standard InChI is InChI=1S/C14H19F2N3O2S/c1-3-8-17-13-18-9-10-19(13)22(20)12-6-4-11(5-7-12)21-14(2,15)16/h4-7H,3,8-10H2,1-2H3,(H,17,18). The fraction of sp³-hybridized carbons (Fsp3) is 0.500. The second-order valence-corrected chi connectivity index (χ2v) is 6.28. The SMILES string of the molecule is CCCNC1=NCCN1S(=O)c1ccc(OC(C)(F)F)cc1. The summed E-state index contributed by atoms with van der Waals surface area (Å²) in [7, 11) is -1.43. The van der Waals surface area contributed by atoms with E-state index in [-0.39, 0.29) is 5.75 Å². The Kier molecular flexibility index (Phi) is 5.33. The van der Waals surface area contributed by atoms with Crippen molar-refractivity contribution in [1.29, 1.82) is 0 Å². The van der Waals surface area contributed by atoms with Crippen LogP contribution in [-0.2, 0) is 11.0 Å². The first kappa shape index (κ1) is 16.7. The molecule has 0 saturated heterocycles.